The smallest absolute Gasteiger partial charge is 0.0972 e. The lowest BCUT2D eigenvalue weighted by atomic mass is 10.3. The molecule has 4 nitrogen and oxygen atoms in total. The van der Waals surface area contributed by atoms with Crippen LogP contribution >= 0.6 is 0 Å². The van der Waals surface area contributed by atoms with Crippen molar-refractivity contribution in [2.24, 2.45) is 0 Å². The summed E-state index contributed by atoms with van der Waals surface area (Å²) in [5.74, 6) is 0. The van der Waals surface area contributed by atoms with Crippen LogP contribution < -0.4 is 0 Å². The Balaban J connectivity index is 2.29. The fourth-order valence-corrected chi connectivity index (χ4v) is 1.53. The van der Waals surface area contributed by atoms with Gasteiger partial charge in [-0.15, -0.1) is 0 Å². The summed E-state index contributed by atoms with van der Waals surface area (Å²) in [6.45, 7) is 4.67. The number of rotatable bonds is 4. The van der Waals surface area contributed by atoms with Crippen LogP contribution in [0, 0.1) is 0 Å². The fourth-order valence-electron chi connectivity index (χ4n) is 1.53. The number of likely N-dealkylation sites (tertiary alicyclic amines) is 1. The van der Waals surface area contributed by atoms with E-state index in [4.69, 9.17) is 9.84 Å². The van der Waals surface area contributed by atoms with Gasteiger partial charge in [-0.25, -0.2) is 0 Å². The van der Waals surface area contributed by atoms with E-state index >= 15 is 0 Å². The third kappa shape index (κ3) is 2.42. The van der Waals surface area contributed by atoms with Crippen molar-refractivity contribution in [3.63, 3.8) is 0 Å². The lowest BCUT2D eigenvalue weighted by molar-refractivity contribution is -0.00246. The van der Waals surface area contributed by atoms with E-state index in [-0.39, 0.29) is 12.7 Å². The van der Waals surface area contributed by atoms with Crippen LogP contribution in [0.4, 0.5) is 0 Å². The van der Waals surface area contributed by atoms with E-state index in [9.17, 15) is 5.11 Å². The average molecular weight is 175 g/mol. The standard InChI is InChI=1S/C8H17NO3/c1-2-12-8-6-9(3-4-10)5-7(8)11/h7-8,10-11H,2-6H2,1H3/t7-,8+/m0/s1. The summed E-state index contributed by atoms with van der Waals surface area (Å²) in [7, 11) is 0. The molecule has 72 valence electrons. The van der Waals surface area contributed by atoms with Crippen molar-refractivity contribution in [1.29, 1.82) is 0 Å². The molecule has 0 bridgehead atoms. The third-order valence-corrected chi connectivity index (χ3v) is 2.11. The highest BCUT2D eigenvalue weighted by Gasteiger charge is 2.30. The molecule has 1 aliphatic heterocycles. The summed E-state index contributed by atoms with van der Waals surface area (Å²) >= 11 is 0. The van der Waals surface area contributed by atoms with E-state index in [1.807, 2.05) is 11.8 Å². The SMILES string of the molecule is CCO[C@@H]1CN(CCO)C[C@@H]1O. The number of hydrogen-bond donors (Lipinski definition) is 2. The van der Waals surface area contributed by atoms with E-state index < -0.39 is 6.10 Å². The average Bonchev–Trinajstić information content (AvgIpc) is 2.34. The molecule has 1 rings (SSSR count). The predicted octanol–water partition coefficient (Wildman–Crippen LogP) is -0.940. The zero-order valence-electron chi connectivity index (χ0n) is 7.44. The first-order valence-electron chi connectivity index (χ1n) is 4.40. The Kier molecular flexibility index (Phi) is 3.94. The van der Waals surface area contributed by atoms with Gasteiger partial charge in [0.25, 0.3) is 0 Å². The normalized spacial score (nSPS) is 31.2. The van der Waals surface area contributed by atoms with Crippen LogP contribution in [0.1, 0.15) is 6.92 Å². The van der Waals surface area contributed by atoms with Gasteiger partial charge in [-0.2, -0.15) is 0 Å². The lowest BCUT2D eigenvalue weighted by Crippen LogP contribution is -2.27. The van der Waals surface area contributed by atoms with E-state index in [1.54, 1.807) is 0 Å². The number of aliphatic hydroxyl groups is 2. The van der Waals surface area contributed by atoms with Gasteiger partial charge in [-0.3, -0.25) is 4.90 Å². The maximum absolute atomic E-state index is 9.47. The van der Waals surface area contributed by atoms with Crippen LogP contribution in [0.25, 0.3) is 0 Å². The van der Waals surface area contributed by atoms with Crippen molar-refractivity contribution in [2.75, 3.05) is 32.8 Å². The van der Waals surface area contributed by atoms with Crippen LogP contribution in [0.3, 0.4) is 0 Å². The first-order chi connectivity index (χ1) is 5.77. The van der Waals surface area contributed by atoms with Crippen LogP contribution in [0.2, 0.25) is 0 Å². The van der Waals surface area contributed by atoms with Gasteiger partial charge in [-0.05, 0) is 6.92 Å². The maximum atomic E-state index is 9.47. The quantitative estimate of drug-likeness (QED) is 0.579. The van der Waals surface area contributed by atoms with Crippen molar-refractivity contribution in [1.82, 2.24) is 4.90 Å². The molecule has 12 heavy (non-hydrogen) atoms. The molecule has 0 spiro atoms. The van der Waals surface area contributed by atoms with Gasteiger partial charge in [-0.1, -0.05) is 0 Å². The number of aliphatic hydroxyl groups excluding tert-OH is 2. The summed E-state index contributed by atoms with van der Waals surface area (Å²) in [5.41, 5.74) is 0. The number of nitrogens with zero attached hydrogens (tertiary/aromatic N) is 1. The molecule has 0 aromatic rings. The van der Waals surface area contributed by atoms with Crippen LogP contribution in [0.5, 0.6) is 0 Å². The molecule has 1 heterocycles. The Morgan fingerprint density at radius 2 is 2.25 bits per heavy atom. The van der Waals surface area contributed by atoms with E-state index in [0.29, 0.717) is 19.7 Å². The van der Waals surface area contributed by atoms with Crippen LogP contribution in [-0.2, 0) is 4.74 Å². The minimum Gasteiger partial charge on any atom is -0.395 e. The monoisotopic (exact) mass is 175 g/mol. The Morgan fingerprint density at radius 1 is 1.50 bits per heavy atom. The fraction of sp³-hybridized carbons (Fsp3) is 1.00. The van der Waals surface area contributed by atoms with Crippen molar-refractivity contribution in [3.05, 3.63) is 0 Å². The van der Waals surface area contributed by atoms with Crippen LogP contribution in [-0.4, -0.2) is 60.2 Å². The van der Waals surface area contributed by atoms with Crippen molar-refractivity contribution >= 4 is 0 Å². The van der Waals surface area contributed by atoms with Gasteiger partial charge < -0.3 is 14.9 Å². The van der Waals surface area contributed by atoms with Gasteiger partial charge in [0.15, 0.2) is 0 Å². The molecule has 0 aliphatic carbocycles. The number of ether oxygens (including phenoxy) is 1. The Morgan fingerprint density at radius 3 is 2.83 bits per heavy atom. The summed E-state index contributed by atoms with van der Waals surface area (Å²) in [4.78, 5) is 2.00. The van der Waals surface area contributed by atoms with Crippen molar-refractivity contribution in [3.8, 4) is 0 Å². The molecule has 0 unspecified atom stereocenters. The van der Waals surface area contributed by atoms with Crippen molar-refractivity contribution in [2.45, 2.75) is 19.1 Å². The van der Waals surface area contributed by atoms with E-state index in [0.717, 1.165) is 6.54 Å². The topological polar surface area (TPSA) is 52.9 Å². The molecular weight excluding hydrogens is 158 g/mol. The van der Waals surface area contributed by atoms with Gasteiger partial charge in [0.05, 0.1) is 18.8 Å². The molecule has 0 aromatic carbocycles. The van der Waals surface area contributed by atoms with Crippen LogP contribution in [0.15, 0.2) is 0 Å². The van der Waals surface area contributed by atoms with Crippen molar-refractivity contribution < 1.29 is 14.9 Å². The predicted molar refractivity (Wildman–Crippen MR) is 44.9 cm³/mol. The zero-order valence-corrected chi connectivity index (χ0v) is 7.44. The lowest BCUT2D eigenvalue weighted by Gasteiger charge is -2.13. The second-order valence-electron chi connectivity index (χ2n) is 3.04. The first-order valence-corrected chi connectivity index (χ1v) is 4.40. The Bertz CT molecular complexity index is 131. The Hall–Kier alpha value is -0.160. The highest BCUT2D eigenvalue weighted by atomic mass is 16.5. The third-order valence-electron chi connectivity index (χ3n) is 2.11. The number of hydrogen-bond acceptors (Lipinski definition) is 4. The molecule has 0 amide bonds. The van der Waals surface area contributed by atoms with Gasteiger partial charge in [0.1, 0.15) is 0 Å². The second-order valence-corrected chi connectivity index (χ2v) is 3.04. The first kappa shape index (κ1) is 9.92. The van der Waals surface area contributed by atoms with Gasteiger partial charge in [0.2, 0.25) is 0 Å². The van der Waals surface area contributed by atoms with Gasteiger partial charge in [0, 0.05) is 26.2 Å². The second kappa shape index (κ2) is 4.77. The summed E-state index contributed by atoms with van der Waals surface area (Å²) in [6, 6.07) is 0. The molecule has 4 heteroatoms. The highest BCUT2D eigenvalue weighted by molar-refractivity contribution is 4.84. The molecule has 0 saturated carbocycles. The minimum atomic E-state index is -0.392. The molecule has 0 aromatic heterocycles. The summed E-state index contributed by atoms with van der Waals surface area (Å²) in [6.07, 6.45) is -0.460. The summed E-state index contributed by atoms with van der Waals surface area (Å²) < 4.78 is 5.32. The van der Waals surface area contributed by atoms with E-state index in [1.165, 1.54) is 0 Å². The Labute approximate surface area is 72.7 Å². The molecule has 0 radical (unpaired) electrons. The molecule has 1 saturated heterocycles. The zero-order chi connectivity index (χ0) is 8.97. The largest absolute Gasteiger partial charge is 0.395 e. The molecule has 2 atom stereocenters. The maximum Gasteiger partial charge on any atom is 0.0972 e. The molecule has 1 aliphatic rings. The molecular formula is C8H17NO3. The highest BCUT2D eigenvalue weighted by Crippen LogP contribution is 2.12. The molecule has 2 N–H and O–H groups in total. The van der Waals surface area contributed by atoms with E-state index in [2.05, 4.69) is 0 Å². The molecule has 1 fully saturated rings. The van der Waals surface area contributed by atoms with Gasteiger partial charge >= 0.3 is 0 Å². The number of β-amino-alcohol motifs (C(OH)–C–C–N with tert-alkyl or cyclic N) is 2. The minimum absolute atomic E-state index is 0.0680. The summed E-state index contributed by atoms with van der Waals surface area (Å²) in [5, 5.41) is 18.1.